The first kappa shape index (κ1) is 10.0. The maximum absolute atomic E-state index is 3.39. The van der Waals surface area contributed by atoms with Crippen LogP contribution in [0.2, 0.25) is 0 Å². The topological polar surface area (TPSA) is 12.0 Å². The summed E-state index contributed by atoms with van der Waals surface area (Å²) in [6, 6.07) is 0. The highest BCUT2D eigenvalue weighted by molar-refractivity contribution is 4.90. The average Bonchev–Trinajstić information content (AvgIpc) is 2.02. The summed E-state index contributed by atoms with van der Waals surface area (Å²) < 4.78 is 0. The van der Waals surface area contributed by atoms with Crippen LogP contribution in [0.1, 0.15) is 52.4 Å². The van der Waals surface area contributed by atoms with Gasteiger partial charge in [-0.25, -0.2) is 0 Å². The lowest BCUT2D eigenvalue weighted by molar-refractivity contribution is 0.141. The molecule has 0 unspecified atom stereocenters. The highest BCUT2D eigenvalue weighted by atomic mass is 15.0. The van der Waals surface area contributed by atoms with E-state index in [1.54, 1.807) is 0 Å². The van der Waals surface area contributed by atoms with Crippen LogP contribution in [0.5, 0.6) is 0 Å². The Kier molecular flexibility index (Phi) is 4.07. The van der Waals surface area contributed by atoms with Crippen LogP contribution in [0.3, 0.4) is 0 Å². The van der Waals surface area contributed by atoms with Gasteiger partial charge >= 0.3 is 0 Å². The Hall–Kier alpha value is -0.0400. The van der Waals surface area contributed by atoms with E-state index in [0.29, 0.717) is 5.41 Å². The second-order valence-corrected chi connectivity index (χ2v) is 4.27. The Morgan fingerprint density at radius 3 is 2.25 bits per heavy atom. The van der Waals surface area contributed by atoms with Gasteiger partial charge < -0.3 is 5.32 Å². The van der Waals surface area contributed by atoms with E-state index < -0.39 is 0 Å². The van der Waals surface area contributed by atoms with E-state index >= 15 is 0 Å². The minimum Gasteiger partial charge on any atom is -0.316 e. The fourth-order valence-electron chi connectivity index (χ4n) is 2.01. The van der Waals surface area contributed by atoms with E-state index in [9.17, 15) is 0 Å². The van der Waals surface area contributed by atoms with E-state index in [-0.39, 0.29) is 0 Å². The summed E-state index contributed by atoms with van der Waals surface area (Å²) in [6.07, 6.45) is 8.49. The lowest BCUT2D eigenvalue weighted by Crippen LogP contribution is -2.52. The van der Waals surface area contributed by atoms with E-state index in [1.807, 2.05) is 0 Å². The Morgan fingerprint density at radius 2 is 1.83 bits per heavy atom. The molecule has 1 saturated heterocycles. The Bertz CT molecular complexity index is 111. The van der Waals surface area contributed by atoms with Gasteiger partial charge in [0.25, 0.3) is 0 Å². The Morgan fingerprint density at radius 1 is 1.08 bits per heavy atom. The minimum absolute atomic E-state index is 0.702. The van der Waals surface area contributed by atoms with Crippen molar-refractivity contribution in [1.29, 1.82) is 0 Å². The first-order chi connectivity index (χ1) is 5.83. The molecule has 1 aliphatic rings. The zero-order valence-electron chi connectivity index (χ0n) is 8.66. The van der Waals surface area contributed by atoms with Crippen LogP contribution in [0, 0.1) is 5.41 Å². The van der Waals surface area contributed by atoms with Gasteiger partial charge in [-0.1, -0.05) is 39.5 Å². The van der Waals surface area contributed by atoms with Gasteiger partial charge in [0.1, 0.15) is 0 Å². The predicted molar refractivity (Wildman–Crippen MR) is 54.4 cm³/mol. The van der Waals surface area contributed by atoms with E-state index in [0.717, 1.165) is 0 Å². The molecule has 1 aliphatic heterocycles. The van der Waals surface area contributed by atoms with Crippen LogP contribution in [0.15, 0.2) is 0 Å². The SMILES string of the molecule is CCCCCCC1(CC)CNC1. The van der Waals surface area contributed by atoms with Crippen LogP contribution < -0.4 is 5.32 Å². The molecule has 0 spiro atoms. The van der Waals surface area contributed by atoms with Gasteiger partial charge in [0, 0.05) is 13.1 Å². The maximum atomic E-state index is 3.39. The van der Waals surface area contributed by atoms with Crippen molar-refractivity contribution in [2.75, 3.05) is 13.1 Å². The van der Waals surface area contributed by atoms with E-state index in [1.165, 1.54) is 51.6 Å². The lowest BCUT2D eigenvalue weighted by atomic mass is 9.75. The largest absolute Gasteiger partial charge is 0.316 e. The second kappa shape index (κ2) is 4.86. The van der Waals surface area contributed by atoms with Crippen molar-refractivity contribution in [1.82, 2.24) is 5.32 Å². The molecule has 0 saturated carbocycles. The molecule has 72 valence electrons. The van der Waals surface area contributed by atoms with Crippen molar-refractivity contribution in [3.05, 3.63) is 0 Å². The highest BCUT2D eigenvalue weighted by Gasteiger charge is 2.33. The van der Waals surface area contributed by atoms with Gasteiger partial charge in [0.2, 0.25) is 0 Å². The van der Waals surface area contributed by atoms with Crippen molar-refractivity contribution in [2.24, 2.45) is 5.41 Å². The van der Waals surface area contributed by atoms with E-state index in [2.05, 4.69) is 19.2 Å². The van der Waals surface area contributed by atoms with Crippen LogP contribution in [-0.4, -0.2) is 13.1 Å². The molecular formula is C11H23N. The molecule has 0 bridgehead atoms. The monoisotopic (exact) mass is 169 g/mol. The number of nitrogens with one attached hydrogen (secondary N) is 1. The second-order valence-electron chi connectivity index (χ2n) is 4.27. The molecule has 1 fully saturated rings. The first-order valence-electron chi connectivity index (χ1n) is 5.54. The molecule has 1 nitrogen and oxygen atoms in total. The molecule has 12 heavy (non-hydrogen) atoms. The summed E-state index contributed by atoms with van der Waals surface area (Å²) in [5, 5.41) is 3.39. The number of hydrogen-bond donors (Lipinski definition) is 1. The molecule has 0 amide bonds. The van der Waals surface area contributed by atoms with Gasteiger partial charge in [-0.2, -0.15) is 0 Å². The summed E-state index contributed by atoms with van der Waals surface area (Å²) in [7, 11) is 0. The van der Waals surface area contributed by atoms with Crippen LogP contribution >= 0.6 is 0 Å². The lowest BCUT2D eigenvalue weighted by Gasteiger charge is -2.42. The molecule has 0 aromatic carbocycles. The standard InChI is InChI=1S/C11H23N/c1-3-5-6-7-8-11(4-2)9-12-10-11/h12H,3-10H2,1-2H3. The van der Waals surface area contributed by atoms with E-state index in [4.69, 9.17) is 0 Å². The van der Waals surface area contributed by atoms with Gasteiger partial charge in [0.15, 0.2) is 0 Å². The number of hydrogen-bond acceptors (Lipinski definition) is 1. The fraction of sp³-hybridized carbons (Fsp3) is 1.00. The van der Waals surface area contributed by atoms with Gasteiger partial charge in [-0.3, -0.25) is 0 Å². The molecule has 0 aromatic heterocycles. The molecule has 0 aliphatic carbocycles. The van der Waals surface area contributed by atoms with Crippen molar-refractivity contribution in [3.8, 4) is 0 Å². The smallest absolute Gasteiger partial charge is 0.00201 e. The predicted octanol–water partition coefficient (Wildman–Crippen LogP) is 2.96. The van der Waals surface area contributed by atoms with Crippen LogP contribution in [0.4, 0.5) is 0 Å². The molecular weight excluding hydrogens is 146 g/mol. The summed E-state index contributed by atoms with van der Waals surface area (Å²) >= 11 is 0. The first-order valence-corrected chi connectivity index (χ1v) is 5.54. The van der Waals surface area contributed by atoms with Crippen molar-refractivity contribution < 1.29 is 0 Å². The summed E-state index contributed by atoms with van der Waals surface area (Å²) in [4.78, 5) is 0. The molecule has 1 N–H and O–H groups in total. The minimum atomic E-state index is 0.702. The summed E-state index contributed by atoms with van der Waals surface area (Å²) in [5.41, 5.74) is 0.702. The molecule has 0 radical (unpaired) electrons. The Labute approximate surface area is 76.9 Å². The zero-order valence-corrected chi connectivity index (χ0v) is 8.66. The third-order valence-electron chi connectivity index (χ3n) is 3.31. The molecule has 0 atom stereocenters. The van der Waals surface area contributed by atoms with Gasteiger partial charge in [-0.15, -0.1) is 0 Å². The van der Waals surface area contributed by atoms with Crippen LogP contribution in [0.25, 0.3) is 0 Å². The number of rotatable bonds is 6. The quantitative estimate of drug-likeness (QED) is 0.603. The normalized spacial score (nSPS) is 20.5. The fourth-order valence-corrected chi connectivity index (χ4v) is 2.01. The van der Waals surface area contributed by atoms with Crippen molar-refractivity contribution in [2.45, 2.75) is 52.4 Å². The maximum Gasteiger partial charge on any atom is 0.00201 e. The summed E-state index contributed by atoms with van der Waals surface area (Å²) in [5.74, 6) is 0. The third-order valence-corrected chi connectivity index (χ3v) is 3.31. The van der Waals surface area contributed by atoms with Crippen molar-refractivity contribution >= 4 is 0 Å². The molecule has 1 heteroatoms. The zero-order chi connectivity index (χ0) is 8.86. The highest BCUT2D eigenvalue weighted by Crippen LogP contribution is 2.32. The van der Waals surface area contributed by atoms with Crippen LogP contribution in [-0.2, 0) is 0 Å². The molecule has 1 rings (SSSR count). The number of unbranched alkanes of at least 4 members (excludes halogenated alkanes) is 3. The summed E-state index contributed by atoms with van der Waals surface area (Å²) in [6.45, 7) is 7.16. The average molecular weight is 169 g/mol. The Balaban J connectivity index is 2.04. The molecule has 0 aromatic rings. The third kappa shape index (κ3) is 2.48. The molecule has 1 heterocycles. The van der Waals surface area contributed by atoms with Gasteiger partial charge in [-0.05, 0) is 18.3 Å². The van der Waals surface area contributed by atoms with Crippen molar-refractivity contribution in [3.63, 3.8) is 0 Å². The van der Waals surface area contributed by atoms with Gasteiger partial charge in [0.05, 0.1) is 0 Å².